The Kier molecular flexibility index (Phi) is 5.91. The van der Waals surface area contributed by atoms with Gasteiger partial charge in [-0.25, -0.2) is 0 Å². The van der Waals surface area contributed by atoms with Gasteiger partial charge in [0, 0.05) is 12.2 Å². The quantitative estimate of drug-likeness (QED) is 0.671. The lowest BCUT2D eigenvalue weighted by Gasteiger charge is -2.39. The molecule has 1 aliphatic rings. The normalized spacial score (nSPS) is 23.6. The highest BCUT2D eigenvalue weighted by molar-refractivity contribution is 5.24. The summed E-state index contributed by atoms with van der Waals surface area (Å²) in [5, 5.41) is 3.67. The van der Waals surface area contributed by atoms with Gasteiger partial charge in [-0.15, -0.1) is 0 Å². The largest absolute Gasteiger partial charge is 0.385 e. The van der Waals surface area contributed by atoms with Crippen LogP contribution in [0.4, 0.5) is 0 Å². The molecule has 116 valence electrons. The molecule has 2 unspecified atom stereocenters. The molecule has 0 fully saturated rings. The predicted molar refractivity (Wildman–Crippen MR) is 90.6 cm³/mol. The first-order chi connectivity index (χ1) is 9.17. The molecule has 0 saturated carbocycles. The van der Waals surface area contributed by atoms with Crippen LogP contribution in [0.3, 0.4) is 0 Å². The highest BCUT2D eigenvalue weighted by atomic mass is 14.9. The second-order valence-corrected chi connectivity index (χ2v) is 8.13. The molecule has 1 rings (SSSR count). The van der Waals surface area contributed by atoms with Crippen molar-refractivity contribution in [3.05, 3.63) is 23.9 Å². The van der Waals surface area contributed by atoms with Crippen molar-refractivity contribution in [2.24, 2.45) is 22.7 Å². The second-order valence-electron chi connectivity index (χ2n) is 8.13. The van der Waals surface area contributed by atoms with Crippen LogP contribution in [-0.4, -0.2) is 6.54 Å². The van der Waals surface area contributed by atoms with E-state index in [0.29, 0.717) is 17.3 Å². The van der Waals surface area contributed by atoms with Gasteiger partial charge >= 0.3 is 0 Å². The van der Waals surface area contributed by atoms with E-state index in [0.717, 1.165) is 6.54 Å². The molecule has 0 aromatic rings. The van der Waals surface area contributed by atoms with Crippen molar-refractivity contribution in [2.75, 3.05) is 6.54 Å². The predicted octanol–water partition coefficient (Wildman–Crippen LogP) is 5.54. The summed E-state index contributed by atoms with van der Waals surface area (Å²) >= 11 is 0. The monoisotopic (exact) mass is 277 g/mol. The van der Waals surface area contributed by atoms with Gasteiger partial charge in [0.05, 0.1) is 0 Å². The molecular formula is C19H35N. The van der Waals surface area contributed by atoms with Crippen molar-refractivity contribution >= 4 is 0 Å². The van der Waals surface area contributed by atoms with E-state index in [1.165, 1.54) is 25.0 Å². The van der Waals surface area contributed by atoms with E-state index in [4.69, 9.17) is 0 Å². The Morgan fingerprint density at radius 3 is 2.35 bits per heavy atom. The molecule has 1 nitrogen and oxygen atoms in total. The summed E-state index contributed by atoms with van der Waals surface area (Å²) in [4.78, 5) is 0. The topological polar surface area (TPSA) is 12.0 Å². The van der Waals surface area contributed by atoms with Gasteiger partial charge in [-0.2, -0.15) is 0 Å². The zero-order valence-corrected chi connectivity index (χ0v) is 14.7. The zero-order chi connectivity index (χ0) is 15.4. The van der Waals surface area contributed by atoms with Crippen molar-refractivity contribution in [3.8, 4) is 0 Å². The lowest BCUT2D eigenvalue weighted by Crippen LogP contribution is -2.39. The van der Waals surface area contributed by atoms with Crippen LogP contribution in [0, 0.1) is 22.7 Å². The van der Waals surface area contributed by atoms with E-state index in [1.807, 2.05) is 0 Å². The molecule has 20 heavy (non-hydrogen) atoms. The highest BCUT2D eigenvalue weighted by Crippen LogP contribution is 2.37. The molecule has 0 aliphatic heterocycles. The van der Waals surface area contributed by atoms with Crippen LogP contribution in [0.2, 0.25) is 0 Å². The fourth-order valence-electron chi connectivity index (χ4n) is 2.33. The van der Waals surface area contributed by atoms with Crippen LogP contribution in [-0.2, 0) is 0 Å². The summed E-state index contributed by atoms with van der Waals surface area (Å²) in [6.45, 7) is 17.3. The molecule has 1 N–H and O–H groups in total. The molecule has 0 spiro atoms. The number of unbranched alkanes of at least 4 members (excludes halogenated alkanes) is 1. The molecule has 2 atom stereocenters. The molecule has 0 saturated heterocycles. The number of hydrogen-bond acceptors (Lipinski definition) is 1. The van der Waals surface area contributed by atoms with E-state index in [2.05, 4.69) is 72.0 Å². The van der Waals surface area contributed by atoms with Gasteiger partial charge in [0.15, 0.2) is 0 Å². The van der Waals surface area contributed by atoms with Crippen molar-refractivity contribution < 1.29 is 0 Å². The average Bonchev–Trinajstić information content (AvgIpc) is 2.35. The minimum Gasteiger partial charge on any atom is -0.385 e. The first-order valence-corrected chi connectivity index (χ1v) is 8.31. The molecule has 0 heterocycles. The Morgan fingerprint density at radius 1 is 1.15 bits per heavy atom. The Bertz CT molecular complexity index is 354. The standard InChI is InChI=1S/C19H35N/c1-8-9-10-16-13-17(12-11-15(16)2)20-14-19(6,7)18(3,4)5/h11-13,15-16,20H,8-10,14H2,1-7H3. The lowest BCUT2D eigenvalue weighted by atomic mass is 9.69. The maximum absolute atomic E-state index is 3.67. The first kappa shape index (κ1) is 17.3. The van der Waals surface area contributed by atoms with Gasteiger partial charge in [-0.1, -0.05) is 73.5 Å². The molecule has 0 aromatic carbocycles. The summed E-state index contributed by atoms with van der Waals surface area (Å²) in [6, 6.07) is 0. The van der Waals surface area contributed by atoms with Crippen LogP contribution < -0.4 is 5.32 Å². The van der Waals surface area contributed by atoms with Crippen LogP contribution >= 0.6 is 0 Å². The fourth-order valence-corrected chi connectivity index (χ4v) is 2.33. The third-order valence-corrected chi connectivity index (χ3v) is 5.30. The number of allylic oxidation sites excluding steroid dienone is 3. The lowest BCUT2D eigenvalue weighted by molar-refractivity contribution is 0.133. The van der Waals surface area contributed by atoms with Crippen molar-refractivity contribution in [3.63, 3.8) is 0 Å². The van der Waals surface area contributed by atoms with Gasteiger partial charge in [-0.05, 0) is 35.2 Å². The van der Waals surface area contributed by atoms with Crippen molar-refractivity contribution in [1.29, 1.82) is 0 Å². The molecule has 0 radical (unpaired) electrons. The summed E-state index contributed by atoms with van der Waals surface area (Å²) in [7, 11) is 0. The van der Waals surface area contributed by atoms with Crippen molar-refractivity contribution in [2.45, 2.75) is 67.7 Å². The van der Waals surface area contributed by atoms with E-state index in [1.54, 1.807) is 0 Å². The fraction of sp³-hybridized carbons (Fsp3) is 0.789. The molecular weight excluding hydrogens is 242 g/mol. The number of rotatable bonds is 6. The van der Waals surface area contributed by atoms with Gasteiger partial charge in [0.25, 0.3) is 0 Å². The first-order valence-electron chi connectivity index (χ1n) is 8.31. The van der Waals surface area contributed by atoms with Gasteiger partial charge in [-0.3, -0.25) is 0 Å². The van der Waals surface area contributed by atoms with E-state index >= 15 is 0 Å². The summed E-state index contributed by atoms with van der Waals surface area (Å²) < 4.78 is 0. The summed E-state index contributed by atoms with van der Waals surface area (Å²) in [6.07, 6.45) is 11.0. The van der Waals surface area contributed by atoms with Crippen LogP contribution in [0.15, 0.2) is 23.9 Å². The second kappa shape index (κ2) is 6.83. The van der Waals surface area contributed by atoms with E-state index in [-0.39, 0.29) is 5.41 Å². The molecule has 0 bridgehead atoms. The third-order valence-electron chi connectivity index (χ3n) is 5.30. The summed E-state index contributed by atoms with van der Waals surface area (Å²) in [5.74, 6) is 1.39. The SMILES string of the molecule is CCCCC1C=C(NCC(C)(C)C(C)(C)C)C=CC1C. The van der Waals surface area contributed by atoms with Gasteiger partial charge < -0.3 is 5.32 Å². The average molecular weight is 277 g/mol. The molecule has 1 heteroatoms. The Morgan fingerprint density at radius 2 is 1.80 bits per heavy atom. The highest BCUT2D eigenvalue weighted by Gasteiger charge is 2.32. The Labute approximate surface area is 126 Å². The smallest absolute Gasteiger partial charge is 0.0299 e. The van der Waals surface area contributed by atoms with Crippen LogP contribution in [0.25, 0.3) is 0 Å². The minimum absolute atomic E-state index is 0.281. The van der Waals surface area contributed by atoms with E-state index < -0.39 is 0 Å². The van der Waals surface area contributed by atoms with Crippen LogP contribution in [0.5, 0.6) is 0 Å². The van der Waals surface area contributed by atoms with Crippen LogP contribution in [0.1, 0.15) is 67.7 Å². The minimum atomic E-state index is 0.281. The zero-order valence-electron chi connectivity index (χ0n) is 14.7. The number of nitrogens with one attached hydrogen (secondary N) is 1. The molecule has 0 aromatic heterocycles. The summed E-state index contributed by atoms with van der Waals surface area (Å²) in [5.41, 5.74) is 1.92. The number of hydrogen-bond donors (Lipinski definition) is 1. The molecule has 1 aliphatic carbocycles. The maximum Gasteiger partial charge on any atom is 0.0299 e. The molecule has 0 amide bonds. The Hall–Kier alpha value is -0.720. The maximum atomic E-state index is 3.67. The van der Waals surface area contributed by atoms with Crippen molar-refractivity contribution in [1.82, 2.24) is 5.32 Å². The Balaban J connectivity index is 2.61. The third kappa shape index (κ3) is 4.68. The van der Waals surface area contributed by atoms with E-state index in [9.17, 15) is 0 Å². The van der Waals surface area contributed by atoms with Gasteiger partial charge in [0.2, 0.25) is 0 Å². The van der Waals surface area contributed by atoms with Gasteiger partial charge in [0.1, 0.15) is 0 Å².